The van der Waals surface area contributed by atoms with Gasteiger partial charge in [0.25, 0.3) is 5.91 Å². The number of hydrogen-bond acceptors (Lipinski definition) is 3. The van der Waals surface area contributed by atoms with Gasteiger partial charge in [-0.15, -0.1) is 0 Å². The lowest BCUT2D eigenvalue weighted by Gasteiger charge is -2.25. The van der Waals surface area contributed by atoms with E-state index in [-0.39, 0.29) is 5.91 Å². The van der Waals surface area contributed by atoms with Gasteiger partial charge in [-0.3, -0.25) is 4.79 Å². The molecule has 2 aromatic heterocycles. The molecule has 158 valence electrons. The van der Waals surface area contributed by atoms with Gasteiger partial charge in [0.1, 0.15) is 11.3 Å². The highest BCUT2D eigenvalue weighted by Gasteiger charge is 2.26. The molecule has 0 saturated heterocycles. The Bertz CT molecular complexity index is 1010. The quantitative estimate of drug-likeness (QED) is 0.427. The third-order valence-corrected chi connectivity index (χ3v) is 6.43. The normalized spacial score (nSPS) is 14.7. The molecule has 0 bridgehead atoms. The van der Waals surface area contributed by atoms with Crippen molar-refractivity contribution in [3.8, 4) is 0 Å². The molecule has 5 nitrogen and oxygen atoms in total. The smallest absolute Gasteiger partial charge is 0.254 e. The van der Waals surface area contributed by atoms with Crippen LogP contribution < -0.4 is 0 Å². The van der Waals surface area contributed by atoms with Gasteiger partial charge < -0.3 is 9.47 Å². The molecule has 1 aliphatic carbocycles. The zero-order chi connectivity index (χ0) is 21.1. The van der Waals surface area contributed by atoms with Gasteiger partial charge >= 0.3 is 0 Å². The topological polar surface area (TPSA) is 51.0 Å². The molecule has 0 spiro atoms. The third-order valence-electron chi connectivity index (χ3n) is 5.90. The highest BCUT2D eigenvalue weighted by molar-refractivity contribution is 9.10. The van der Waals surface area contributed by atoms with Crippen molar-refractivity contribution in [2.24, 2.45) is 5.92 Å². The lowest BCUT2D eigenvalue weighted by atomic mass is 10.1. The molecule has 2 heterocycles. The summed E-state index contributed by atoms with van der Waals surface area (Å²) in [6, 6.07) is 12.0. The van der Waals surface area contributed by atoms with Gasteiger partial charge in [0, 0.05) is 28.8 Å². The van der Waals surface area contributed by atoms with Crippen molar-refractivity contribution in [1.82, 2.24) is 19.4 Å². The molecule has 30 heavy (non-hydrogen) atoms. The van der Waals surface area contributed by atoms with Crippen LogP contribution in [0.3, 0.4) is 0 Å². The largest absolute Gasteiger partial charge is 0.331 e. The highest BCUT2D eigenvalue weighted by atomic mass is 79.9. The van der Waals surface area contributed by atoms with Crippen LogP contribution in [0.5, 0.6) is 0 Å². The van der Waals surface area contributed by atoms with E-state index in [1.807, 2.05) is 47.5 Å². The summed E-state index contributed by atoms with van der Waals surface area (Å²) in [6.07, 6.45) is 7.59. The van der Waals surface area contributed by atoms with Crippen LogP contribution in [-0.4, -0.2) is 31.9 Å². The lowest BCUT2D eigenvalue weighted by molar-refractivity contribution is 0.0728. The van der Waals surface area contributed by atoms with Crippen LogP contribution >= 0.6 is 15.9 Å². The Morgan fingerprint density at radius 3 is 2.63 bits per heavy atom. The number of carbonyl (C=O) groups excluding carboxylic acids is 1. The lowest BCUT2D eigenvalue weighted by Crippen LogP contribution is -2.33. The molecule has 0 radical (unpaired) electrons. The summed E-state index contributed by atoms with van der Waals surface area (Å²) in [6.45, 7) is 5.61. The molecular formula is C24H29BrN4O. The zero-order valence-electron chi connectivity index (χ0n) is 17.7. The highest BCUT2D eigenvalue weighted by Crippen LogP contribution is 2.33. The van der Waals surface area contributed by atoms with Crippen molar-refractivity contribution < 1.29 is 4.79 Å². The second-order valence-electron chi connectivity index (χ2n) is 8.60. The first-order valence-electron chi connectivity index (χ1n) is 10.9. The Kier molecular flexibility index (Phi) is 6.52. The zero-order valence-corrected chi connectivity index (χ0v) is 19.3. The average molecular weight is 469 g/mol. The van der Waals surface area contributed by atoms with Gasteiger partial charge in [-0.1, -0.05) is 42.6 Å². The first-order chi connectivity index (χ1) is 14.5. The molecule has 0 unspecified atom stereocenters. The van der Waals surface area contributed by atoms with E-state index in [2.05, 4.69) is 39.3 Å². The summed E-state index contributed by atoms with van der Waals surface area (Å²) in [5, 5.41) is 0. The third kappa shape index (κ3) is 4.59. The molecule has 1 fully saturated rings. The number of amides is 1. The number of halogens is 1. The van der Waals surface area contributed by atoms with Crippen LogP contribution in [0.1, 0.15) is 68.2 Å². The number of imidazole rings is 1. The molecule has 6 heteroatoms. The maximum atomic E-state index is 13.4. The van der Waals surface area contributed by atoms with Gasteiger partial charge in [-0.05, 0) is 61.6 Å². The Morgan fingerprint density at radius 2 is 1.93 bits per heavy atom. The number of rotatable bonds is 7. The Morgan fingerprint density at radius 1 is 1.20 bits per heavy atom. The second-order valence-corrected chi connectivity index (χ2v) is 9.51. The molecule has 0 aliphatic heterocycles. The molecule has 0 atom stereocenters. The van der Waals surface area contributed by atoms with Crippen molar-refractivity contribution in [2.75, 3.05) is 6.54 Å². The van der Waals surface area contributed by atoms with Gasteiger partial charge in [0.2, 0.25) is 0 Å². The summed E-state index contributed by atoms with van der Waals surface area (Å²) < 4.78 is 3.28. The van der Waals surface area contributed by atoms with E-state index in [0.29, 0.717) is 30.6 Å². The summed E-state index contributed by atoms with van der Waals surface area (Å²) >= 11 is 3.46. The van der Waals surface area contributed by atoms with Crippen LogP contribution in [0, 0.1) is 5.92 Å². The van der Waals surface area contributed by atoms with Crippen LogP contribution in [0.15, 0.2) is 47.1 Å². The summed E-state index contributed by atoms with van der Waals surface area (Å²) in [5.74, 6) is 1.53. The SMILES string of the molecule is CC(C)CCN(Cc1nc2cccnc2n1C1CCCC1)C(=O)c1ccc(Br)cc1. The van der Waals surface area contributed by atoms with Crippen LogP contribution in [-0.2, 0) is 6.54 Å². The maximum Gasteiger partial charge on any atom is 0.254 e. The minimum Gasteiger partial charge on any atom is -0.331 e. The summed E-state index contributed by atoms with van der Waals surface area (Å²) in [4.78, 5) is 24.9. The van der Waals surface area contributed by atoms with E-state index in [0.717, 1.165) is 40.7 Å². The van der Waals surface area contributed by atoms with Crippen molar-refractivity contribution in [3.63, 3.8) is 0 Å². The Balaban J connectivity index is 1.68. The minimum atomic E-state index is 0.0566. The first kappa shape index (κ1) is 21.0. The second kappa shape index (κ2) is 9.29. The van der Waals surface area contributed by atoms with Gasteiger partial charge in [-0.25, -0.2) is 9.97 Å². The standard InChI is InChI=1S/C24H29BrN4O/c1-17(2)13-15-28(24(30)18-9-11-19(25)12-10-18)16-22-27-21-8-5-14-26-23(21)29(22)20-6-3-4-7-20/h5,8-12,14,17,20H,3-4,6-7,13,15-16H2,1-2H3. The van der Waals surface area contributed by atoms with Crippen molar-refractivity contribution in [2.45, 2.75) is 58.5 Å². The molecule has 1 amide bonds. The van der Waals surface area contributed by atoms with Crippen molar-refractivity contribution in [3.05, 3.63) is 58.5 Å². The maximum absolute atomic E-state index is 13.4. The fourth-order valence-electron chi connectivity index (χ4n) is 4.25. The molecule has 3 aromatic rings. The number of benzene rings is 1. The van der Waals surface area contributed by atoms with Crippen molar-refractivity contribution >= 4 is 33.0 Å². The number of aromatic nitrogens is 3. The monoisotopic (exact) mass is 468 g/mol. The van der Waals surface area contributed by atoms with E-state index in [4.69, 9.17) is 4.98 Å². The molecular weight excluding hydrogens is 440 g/mol. The van der Waals surface area contributed by atoms with Gasteiger partial charge in [0.05, 0.1) is 6.54 Å². The fourth-order valence-corrected chi connectivity index (χ4v) is 4.51. The van der Waals surface area contributed by atoms with E-state index in [1.54, 1.807) is 0 Å². The number of fused-ring (bicyclic) bond motifs is 1. The summed E-state index contributed by atoms with van der Waals surface area (Å²) in [5.41, 5.74) is 2.57. The number of nitrogens with zero attached hydrogens (tertiary/aromatic N) is 4. The molecule has 1 aromatic carbocycles. The first-order valence-corrected chi connectivity index (χ1v) is 11.7. The van der Waals surface area contributed by atoms with E-state index < -0.39 is 0 Å². The summed E-state index contributed by atoms with van der Waals surface area (Å²) in [7, 11) is 0. The number of pyridine rings is 1. The van der Waals surface area contributed by atoms with Gasteiger partial charge in [0.15, 0.2) is 5.65 Å². The predicted molar refractivity (Wildman–Crippen MR) is 123 cm³/mol. The molecule has 4 rings (SSSR count). The minimum absolute atomic E-state index is 0.0566. The number of hydrogen-bond donors (Lipinski definition) is 0. The number of carbonyl (C=O) groups is 1. The molecule has 1 aliphatic rings. The molecule has 0 N–H and O–H groups in total. The average Bonchev–Trinajstić information content (AvgIpc) is 3.38. The van der Waals surface area contributed by atoms with E-state index in [9.17, 15) is 4.79 Å². The van der Waals surface area contributed by atoms with Gasteiger partial charge in [-0.2, -0.15) is 0 Å². The fraction of sp³-hybridized carbons (Fsp3) is 0.458. The van der Waals surface area contributed by atoms with Crippen LogP contribution in [0.4, 0.5) is 0 Å². The van der Waals surface area contributed by atoms with Crippen molar-refractivity contribution in [1.29, 1.82) is 0 Å². The van der Waals surface area contributed by atoms with E-state index >= 15 is 0 Å². The Hall–Kier alpha value is -2.21. The Labute approximate surface area is 186 Å². The van der Waals surface area contributed by atoms with E-state index in [1.165, 1.54) is 12.8 Å². The molecule has 1 saturated carbocycles. The van der Waals surface area contributed by atoms with Crippen LogP contribution in [0.2, 0.25) is 0 Å². The van der Waals surface area contributed by atoms with Crippen LogP contribution in [0.25, 0.3) is 11.2 Å². The predicted octanol–water partition coefficient (Wildman–Crippen LogP) is 6.00.